The molecule has 0 aliphatic carbocycles. The first-order chi connectivity index (χ1) is 15.0. The maximum absolute atomic E-state index is 12.7. The van der Waals surface area contributed by atoms with Crippen LogP contribution in [0.3, 0.4) is 0 Å². The second-order valence-corrected chi connectivity index (χ2v) is 10.4. The summed E-state index contributed by atoms with van der Waals surface area (Å²) in [5.41, 5.74) is 1.37. The Morgan fingerprint density at radius 3 is 2.27 bits per heavy atom. The van der Waals surface area contributed by atoms with Crippen molar-refractivity contribution >= 4 is 47.4 Å². The van der Waals surface area contributed by atoms with Crippen LogP contribution in [0.25, 0.3) is 11.1 Å². The number of hydrogen-bond donors (Lipinski definition) is 2. The first kappa shape index (κ1) is 26.9. The number of aromatic nitrogens is 3. The van der Waals surface area contributed by atoms with E-state index < -0.39 is 22.5 Å². The summed E-state index contributed by atoms with van der Waals surface area (Å²) in [7, 11) is 0. The zero-order valence-corrected chi connectivity index (χ0v) is 20.4. The average molecular weight is 519 g/mol. The van der Waals surface area contributed by atoms with E-state index in [1.807, 2.05) is 6.92 Å². The third-order valence-corrected chi connectivity index (χ3v) is 7.03. The number of anilines is 1. The minimum absolute atomic E-state index is 0. The van der Waals surface area contributed by atoms with Crippen LogP contribution in [0, 0.1) is 6.92 Å². The van der Waals surface area contributed by atoms with Crippen molar-refractivity contribution in [3.05, 3.63) is 52.8 Å². The van der Waals surface area contributed by atoms with Crippen molar-refractivity contribution < 1.29 is 23.1 Å². The molecule has 0 aliphatic heterocycles. The van der Waals surface area contributed by atoms with E-state index in [0.717, 1.165) is 22.7 Å². The Balaban J connectivity index is 0.00000385. The molecule has 0 radical (unpaired) electrons. The smallest absolute Gasteiger partial charge is 0.416 e. The highest BCUT2D eigenvalue weighted by atomic mass is 35.5. The van der Waals surface area contributed by atoms with Gasteiger partial charge in [0.15, 0.2) is 4.34 Å². The molecule has 0 atom stereocenters. The summed E-state index contributed by atoms with van der Waals surface area (Å²) in [6, 6.07) is 4.84. The van der Waals surface area contributed by atoms with Gasteiger partial charge in [-0.1, -0.05) is 23.9 Å². The number of thiazole rings is 1. The van der Waals surface area contributed by atoms with Crippen molar-refractivity contribution in [3.8, 4) is 11.1 Å². The molecule has 2 N–H and O–H groups in total. The third-order valence-electron chi connectivity index (χ3n) is 4.56. The molecule has 0 saturated heterocycles. The molecule has 6 nitrogen and oxygen atoms in total. The minimum atomic E-state index is -4.37. The van der Waals surface area contributed by atoms with Gasteiger partial charge in [0.1, 0.15) is 4.75 Å². The predicted molar refractivity (Wildman–Crippen MR) is 126 cm³/mol. The number of carbonyl (C=O) groups is 1. The highest BCUT2D eigenvalue weighted by molar-refractivity contribution is 8.03. The normalized spacial score (nSPS) is 11.7. The number of nitrogens with one attached hydrogen (secondary N) is 1. The van der Waals surface area contributed by atoms with Crippen LogP contribution in [0.4, 0.5) is 19.1 Å². The maximum Gasteiger partial charge on any atom is 0.416 e. The summed E-state index contributed by atoms with van der Waals surface area (Å²) in [5.74, 6) is -0.486. The molecule has 178 valence electrons. The second kappa shape index (κ2) is 10.7. The fraction of sp³-hybridized carbons (Fsp3) is 0.333. The second-order valence-electron chi connectivity index (χ2n) is 7.45. The zero-order chi connectivity index (χ0) is 23.5. The molecule has 0 amide bonds. The first-order valence-electron chi connectivity index (χ1n) is 9.58. The highest BCUT2D eigenvalue weighted by Crippen LogP contribution is 2.36. The van der Waals surface area contributed by atoms with Gasteiger partial charge in [-0.15, -0.1) is 23.7 Å². The van der Waals surface area contributed by atoms with Crippen LogP contribution >= 0.6 is 35.5 Å². The molecule has 0 saturated carbocycles. The fourth-order valence-electron chi connectivity index (χ4n) is 2.65. The summed E-state index contributed by atoms with van der Waals surface area (Å²) < 4.78 is 37.8. The number of rotatable bonds is 8. The van der Waals surface area contributed by atoms with Crippen LogP contribution in [-0.2, 0) is 17.4 Å². The van der Waals surface area contributed by atoms with Gasteiger partial charge in [0.25, 0.3) is 0 Å². The van der Waals surface area contributed by atoms with E-state index >= 15 is 0 Å². The monoisotopic (exact) mass is 518 g/mol. The van der Waals surface area contributed by atoms with E-state index in [4.69, 9.17) is 0 Å². The summed E-state index contributed by atoms with van der Waals surface area (Å²) in [5, 5.41) is 12.4. The molecule has 1 aromatic carbocycles. The van der Waals surface area contributed by atoms with E-state index in [-0.39, 0.29) is 12.4 Å². The van der Waals surface area contributed by atoms with Crippen LogP contribution < -0.4 is 5.32 Å². The Morgan fingerprint density at radius 1 is 1.12 bits per heavy atom. The van der Waals surface area contributed by atoms with Gasteiger partial charge in [0.05, 0.1) is 11.3 Å². The van der Waals surface area contributed by atoms with Crippen molar-refractivity contribution in [3.63, 3.8) is 0 Å². The average Bonchev–Trinajstić information content (AvgIpc) is 3.06. The molecular formula is C21H22ClF3N4O2S2. The summed E-state index contributed by atoms with van der Waals surface area (Å²) in [6.45, 7) is 5.72. The standard InChI is InChI=1S/C21H21F3N4O2S2.ClH/c1-12-16(31-19(28-12)32-20(2,3)17(29)30)8-9-25-18-26-10-14(11-27-18)13-4-6-15(7-5-13)21(22,23)24;/h4-7,10-11H,8-9H2,1-3H3,(H,29,30)(H,25,26,27);1H. The molecule has 12 heteroatoms. The van der Waals surface area contributed by atoms with Crippen molar-refractivity contribution in [1.82, 2.24) is 15.0 Å². The lowest BCUT2D eigenvalue weighted by Gasteiger charge is -2.15. The Kier molecular flexibility index (Phi) is 8.72. The number of benzene rings is 1. The molecule has 3 aromatic rings. The van der Waals surface area contributed by atoms with E-state index in [0.29, 0.717) is 34.4 Å². The lowest BCUT2D eigenvalue weighted by atomic mass is 10.1. The quantitative estimate of drug-likeness (QED) is 0.356. The molecule has 0 unspecified atom stereocenters. The lowest BCUT2D eigenvalue weighted by Crippen LogP contribution is -2.26. The Bertz CT molecular complexity index is 1090. The SMILES string of the molecule is Cc1nc(SC(C)(C)C(=O)O)sc1CCNc1ncc(-c2ccc(C(F)(F)F)cc2)cn1.Cl. The van der Waals surface area contributed by atoms with Crippen molar-refractivity contribution in [1.29, 1.82) is 0 Å². The van der Waals surface area contributed by atoms with E-state index in [1.165, 1.54) is 35.2 Å². The van der Waals surface area contributed by atoms with Gasteiger partial charge >= 0.3 is 12.1 Å². The van der Waals surface area contributed by atoms with Gasteiger partial charge < -0.3 is 10.4 Å². The van der Waals surface area contributed by atoms with Crippen LogP contribution in [0.2, 0.25) is 0 Å². The summed E-state index contributed by atoms with van der Waals surface area (Å²) in [4.78, 5) is 25.3. The van der Waals surface area contributed by atoms with Gasteiger partial charge in [-0.25, -0.2) is 15.0 Å². The predicted octanol–water partition coefficient (Wildman–Crippen LogP) is 5.96. The zero-order valence-electron chi connectivity index (χ0n) is 17.9. The van der Waals surface area contributed by atoms with E-state index in [2.05, 4.69) is 20.3 Å². The summed E-state index contributed by atoms with van der Waals surface area (Å²) >= 11 is 2.69. The van der Waals surface area contributed by atoms with E-state index in [9.17, 15) is 23.1 Å². The molecule has 0 fully saturated rings. The van der Waals surface area contributed by atoms with Crippen molar-refractivity contribution in [2.75, 3.05) is 11.9 Å². The van der Waals surface area contributed by atoms with Crippen molar-refractivity contribution in [2.24, 2.45) is 0 Å². The highest BCUT2D eigenvalue weighted by Gasteiger charge is 2.31. The minimum Gasteiger partial charge on any atom is -0.480 e. The van der Waals surface area contributed by atoms with E-state index in [1.54, 1.807) is 26.2 Å². The number of halogens is 4. The Hall–Kier alpha value is -2.37. The van der Waals surface area contributed by atoms with Crippen LogP contribution in [0.15, 0.2) is 41.0 Å². The first-order valence-corrected chi connectivity index (χ1v) is 11.2. The number of aliphatic carboxylic acids is 1. The molecule has 2 aromatic heterocycles. The topological polar surface area (TPSA) is 88.0 Å². The number of alkyl halides is 3. The molecular weight excluding hydrogens is 497 g/mol. The van der Waals surface area contributed by atoms with Gasteiger partial charge in [-0.2, -0.15) is 13.2 Å². The molecule has 0 aliphatic rings. The number of carboxylic acid groups (broad SMARTS) is 1. The molecule has 3 rings (SSSR count). The Morgan fingerprint density at radius 2 is 1.73 bits per heavy atom. The molecule has 2 heterocycles. The largest absolute Gasteiger partial charge is 0.480 e. The number of hydrogen-bond acceptors (Lipinski definition) is 7. The molecule has 0 spiro atoms. The third kappa shape index (κ3) is 7.05. The number of thioether (sulfide) groups is 1. The number of aryl methyl sites for hydroxylation is 1. The van der Waals surface area contributed by atoms with Gasteiger partial charge in [-0.05, 0) is 38.5 Å². The maximum atomic E-state index is 12.7. The van der Waals surface area contributed by atoms with Gasteiger partial charge in [0, 0.05) is 35.8 Å². The van der Waals surface area contributed by atoms with Crippen molar-refractivity contribution in [2.45, 2.75) is 42.5 Å². The number of nitrogens with zero attached hydrogens (tertiary/aromatic N) is 3. The Labute approximate surface area is 203 Å². The summed E-state index contributed by atoms with van der Waals surface area (Å²) in [6.07, 6.45) is -0.593. The molecule has 0 bridgehead atoms. The number of carboxylic acids is 1. The van der Waals surface area contributed by atoms with Crippen LogP contribution in [0.5, 0.6) is 0 Å². The molecule has 33 heavy (non-hydrogen) atoms. The van der Waals surface area contributed by atoms with Crippen LogP contribution in [0.1, 0.15) is 30.0 Å². The van der Waals surface area contributed by atoms with Gasteiger partial charge in [-0.3, -0.25) is 4.79 Å². The fourth-order valence-corrected chi connectivity index (χ4v) is 5.24. The lowest BCUT2D eigenvalue weighted by molar-refractivity contribution is -0.139. The van der Waals surface area contributed by atoms with Crippen LogP contribution in [-0.4, -0.2) is 37.3 Å². The van der Waals surface area contributed by atoms with Gasteiger partial charge in [0.2, 0.25) is 5.95 Å².